The van der Waals surface area contributed by atoms with E-state index >= 15 is 0 Å². The number of benzene rings is 1. The third-order valence-electron chi connectivity index (χ3n) is 5.42. The smallest absolute Gasteiger partial charge is 0.235 e. The van der Waals surface area contributed by atoms with E-state index in [1.165, 1.54) is 36.6 Å². The first-order valence-electron chi connectivity index (χ1n) is 9.79. The number of fused-ring (bicyclic) bond motifs is 1. The van der Waals surface area contributed by atoms with Crippen LogP contribution in [0.4, 0.5) is 4.39 Å². The first-order valence-corrected chi connectivity index (χ1v) is 9.79. The maximum Gasteiger partial charge on any atom is 0.235 e. The van der Waals surface area contributed by atoms with Gasteiger partial charge in [0, 0.05) is 37.2 Å². The van der Waals surface area contributed by atoms with Crippen LogP contribution in [0, 0.1) is 11.7 Å². The molecule has 2 N–H and O–H groups in total. The lowest BCUT2D eigenvalue weighted by molar-refractivity contribution is -0.140. The minimum Gasteiger partial charge on any atom is -0.379 e. The molecule has 0 radical (unpaired) electrons. The number of rotatable bonds is 2. The van der Waals surface area contributed by atoms with Gasteiger partial charge < -0.3 is 10.5 Å². The SMILES string of the molecule is C1CC1.CN1C(=O)C2CCOCC2(c2cc(-c3cncnc3)ccc2F)N=C1N. The van der Waals surface area contributed by atoms with Crippen LogP contribution in [-0.2, 0) is 15.1 Å². The van der Waals surface area contributed by atoms with E-state index in [4.69, 9.17) is 10.5 Å². The fourth-order valence-electron chi connectivity index (χ4n) is 3.64. The molecule has 3 heterocycles. The van der Waals surface area contributed by atoms with Gasteiger partial charge in [-0.15, -0.1) is 0 Å². The Kier molecular flexibility index (Phi) is 5.27. The largest absolute Gasteiger partial charge is 0.379 e. The van der Waals surface area contributed by atoms with Gasteiger partial charge in [-0.1, -0.05) is 25.3 Å². The van der Waals surface area contributed by atoms with Gasteiger partial charge in [-0.05, 0) is 24.1 Å². The highest BCUT2D eigenvalue weighted by Crippen LogP contribution is 2.44. The van der Waals surface area contributed by atoms with Crippen molar-refractivity contribution in [2.45, 2.75) is 31.2 Å². The number of hydrogen-bond acceptors (Lipinski definition) is 6. The molecular formula is C21H24FN5O2. The predicted molar refractivity (Wildman–Crippen MR) is 106 cm³/mol. The van der Waals surface area contributed by atoms with Gasteiger partial charge in [0.15, 0.2) is 5.96 Å². The van der Waals surface area contributed by atoms with Crippen molar-refractivity contribution in [1.29, 1.82) is 0 Å². The molecule has 1 saturated carbocycles. The molecule has 152 valence electrons. The van der Waals surface area contributed by atoms with Crippen LogP contribution >= 0.6 is 0 Å². The highest BCUT2D eigenvalue weighted by Gasteiger charge is 2.52. The average molecular weight is 397 g/mol. The molecule has 2 aromatic rings. The van der Waals surface area contributed by atoms with E-state index in [1.807, 2.05) is 0 Å². The van der Waals surface area contributed by atoms with E-state index < -0.39 is 17.3 Å². The summed E-state index contributed by atoms with van der Waals surface area (Å²) in [6.45, 7) is 0.527. The molecule has 3 aliphatic rings. The number of carbonyl (C=O) groups is 1. The van der Waals surface area contributed by atoms with Gasteiger partial charge in [0.2, 0.25) is 5.91 Å². The van der Waals surface area contributed by atoms with Gasteiger partial charge in [0.1, 0.15) is 17.7 Å². The van der Waals surface area contributed by atoms with Crippen LogP contribution < -0.4 is 5.73 Å². The summed E-state index contributed by atoms with van der Waals surface area (Å²) in [4.78, 5) is 26.6. The molecule has 1 aromatic carbocycles. The van der Waals surface area contributed by atoms with Gasteiger partial charge in [-0.2, -0.15) is 0 Å². The Labute approximate surface area is 168 Å². The molecule has 1 aromatic heterocycles. The summed E-state index contributed by atoms with van der Waals surface area (Å²) in [5, 5.41) is 0. The zero-order valence-electron chi connectivity index (χ0n) is 16.3. The Morgan fingerprint density at radius 3 is 2.62 bits per heavy atom. The summed E-state index contributed by atoms with van der Waals surface area (Å²) in [6, 6.07) is 4.70. The van der Waals surface area contributed by atoms with Crippen LogP contribution in [0.3, 0.4) is 0 Å². The molecule has 0 bridgehead atoms. The zero-order valence-corrected chi connectivity index (χ0v) is 16.3. The third-order valence-corrected chi connectivity index (χ3v) is 5.42. The molecule has 2 unspecified atom stereocenters. The fourth-order valence-corrected chi connectivity index (χ4v) is 3.64. The second kappa shape index (κ2) is 7.87. The first kappa shape index (κ1) is 19.4. The minimum atomic E-state index is -1.17. The number of amides is 1. The Morgan fingerprint density at radius 1 is 1.21 bits per heavy atom. The molecule has 2 atom stereocenters. The number of hydrogen-bond donors (Lipinski definition) is 1. The molecule has 8 heteroatoms. The van der Waals surface area contributed by atoms with E-state index in [2.05, 4.69) is 15.0 Å². The quantitative estimate of drug-likeness (QED) is 0.840. The van der Waals surface area contributed by atoms with Crippen LogP contribution in [0.1, 0.15) is 31.2 Å². The lowest BCUT2D eigenvalue weighted by Crippen LogP contribution is -2.58. The number of ether oxygens (including phenoxy) is 1. The van der Waals surface area contributed by atoms with Crippen molar-refractivity contribution in [2.24, 2.45) is 16.6 Å². The highest BCUT2D eigenvalue weighted by molar-refractivity contribution is 6.00. The molecule has 2 aliphatic heterocycles. The normalized spacial score (nSPS) is 25.4. The van der Waals surface area contributed by atoms with Crippen molar-refractivity contribution in [3.05, 3.63) is 48.3 Å². The third kappa shape index (κ3) is 3.72. The van der Waals surface area contributed by atoms with Gasteiger partial charge >= 0.3 is 0 Å². The van der Waals surface area contributed by atoms with Gasteiger partial charge in [-0.3, -0.25) is 9.69 Å². The molecule has 7 nitrogen and oxygen atoms in total. The average Bonchev–Trinajstić information content (AvgIpc) is 3.62. The maximum atomic E-state index is 14.9. The van der Waals surface area contributed by atoms with Crippen molar-refractivity contribution in [3.8, 4) is 11.1 Å². The van der Waals surface area contributed by atoms with E-state index in [-0.39, 0.29) is 18.5 Å². The van der Waals surface area contributed by atoms with Crippen LogP contribution in [0.25, 0.3) is 11.1 Å². The minimum absolute atomic E-state index is 0.0598. The second-order valence-corrected chi connectivity index (χ2v) is 7.57. The maximum absolute atomic E-state index is 14.9. The number of nitrogens with two attached hydrogens (primary N) is 1. The lowest BCUT2D eigenvalue weighted by atomic mass is 9.73. The highest BCUT2D eigenvalue weighted by atomic mass is 19.1. The molecule has 5 rings (SSSR count). The molecule has 1 saturated heterocycles. The number of aliphatic imine (C=N–C) groups is 1. The summed E-state index contributed by atoms with van der Waals surface area (Å²) in [6.07, 6.45) is 9.68. The molecule has 29 heavy (non-hydrogen) atoms. The van der Waals surface area contributed by atoms with Crippen LogP contribution in [0.2, 0.25) is 0 Å². The number of guanidine groups is 1. The van der Waals surface area contributed by atoms with E-state index in [0.29, 0.717) is 18.6 Å². The number of halogens is 1. The van der Waals surface area contributed by atoms with Crippen LogP contribution in [-0.4, -0.2) is 47.0 Å². The van der Waals surface area contributed by atoms with Gasteiger partial charge in [0.05, 0.1) is 12.5 Å². The van der Waals surface area contributed by atoms with E-state index in [1.54, 1.807) is 31.6 Å². The fraction of sp³-hybridized carbons (Fsp3) is 0.429. The Morgan fingerprint density at radius 2 is 1.93 bits per heavy atom. The number of aromatic nitrogens is 2. The summed E-state index contributed by atoms with van der Waals surface area (Å²) in [5.41, 5.74) is 6.57. The van der Waals surface area contributed by atoms with Crippen molar-refractivity contribution >= 4 is 11.9 Å². The zero-order chi connectivity index (χ0) is 20.4. The Balaban J connectivity index is 0.000000626. The molecule has 1 aliphatic carbocycles. The number of carbonyl (C=O) groups excluding carboxylic acids is 1. The summed E-state index contributed by atoms with van der Waals surface area (Å²) in [5.74, 6) is -1.08. The predicted octanol–water partition coefficient (Wildman–Crippen LogP) is 2.47. The second-order valence-electron chi connectivity index (χ2n) is 7.57. The molecule has 2 fully saturated rings. The standard InChI is InChI=1S/C18H18FN5O2.C3H6/c1-24-16(25)13-4-5-26-9-18(13,23-17(24)20)14-6-11(2-3-15(14)19)12-7-21-10-22-8-12;1-2-3-1/h2-3,6-8,10,13H,4-5,9H2,1H3,(H2,20,23);1-3H2. The first-order chi connectivity index (χ1) is 14.0. The lowest BCUT2D eigenvalue weighted by Gasteiger charge is -2.45. The van der Waals surface area contributed by atoms with Gasteiger partial charge in [0.25, 0.3) is 0 Å². The monoisotopic (exact) mass is 397 g/mol. The summed E-state index contributed by atoms with van der Waals surface area (Å²) < 4.78 is 20.5. The molecule has 1 amide bonds. The van der Waals surface area contributed by atoms with Crippen LogP contribution in [0.5, 0.6) is 0 Å². The van der Waals surface area contributed by atoms with E-state index in [9.17, 15) is 9.18 Å². The van der Waals surface area contributed by atoms with Crippen molar-refractivity contribution in [2.75, 3.05) is 20.3 Å². The topological polar surface area (TPSA) is 93.7 Å². The molecular weight excluding hydrogens is 373 g/mol. The van der Waals surface area contributed by atoms with Crippen molar-refractivity contribution in [3.63, 3.8) is 0 Å². The van der Waals surface area contributed by atoms with Gasteiger partial charge in [-0.25, -0.2) is 19.4 Å². The van der Waals surface area contributed by atoms with Crippen molar-refractivity contribution < 1.29 is 13.9 Å². The Bertz CT molecular complexity index is 931. The summed E-state index contributed by atoms with van der Waals surface area (Å²) >= 11 is 0. The Hall–Kier alpha value is -2.87. The van der Waals surface area contributed by atoms with Crippen LogP contribution in [0.15, 0.2) is 41.9 Å². The van der Waals surface area contributed by atoms with Crippen molar-refractivity contribution in [1.82, 2.24) is 14.9 Å². The number of nitrogens with zero attached hydrogens (tertiary/aromatic N) is 4. The molecule has 0 spiro atoms. The van der Waals surface area contributed by atoms with E-state index in [0.717, 1.165) is 11.1 Å². The summed E-state index contributed by atoms with van der Waals surface area (Å²) in [7, 11) is 1.58.